The molecular formula is C62H94O6. The van der Waals surface area contributed by atoms with Crippen molar-refractivity contribution in [3.8, 4) is 0 Å². The second kappa shape index (κ2) is 54.6. The molecule has 0 rings (SSSR count). The van der Waals surface area contributed by atoms with Crippen LogP contribution in [0.5, 0.6) is 0 Å². The van der Waals surface area contributed by atoms with Crippen molar-refractivity contribution in [1.82, 2.24) is 0 Å². The molecule has 0 spiro atoms. The highest BCUT2D eigenvalue weighted by Crippen LogP contribution is 2.13. The zero-order valence-electron chi connectivity index (χ0n) is 43.0. The Bertz CT molecular complexity index is 1590. The van der Waals surface area contributed by atoms with Crippen LogP contribution in [0.4, 0.5) is 0 Å². The van der Waals surface area contributed by atoms with E-state index in [-0.39, 0.29) is 37.5 Å². The van der Waals surface area contributed by atoms with Crippen LogP contribution in [0.2, 0.25) is 0 Å². The minimum atomic E-state index is -0.822. The average Bonchev–Trinajstić information content (AvgIpc) is 3.34. The van der Waals surface area contributed by atoms with Crippen molar-refractivity contribution in [3.63, 3.8) is 0 Å². The van der Waals surface area contributed by atoms with Gasteiger partial charge in [0.05, 0.1) is 0 Å². The standard InChI is InChI=1S/C62H94O6/c1-4-7-10-13-16-19-22-25-27-29-31-33-34-37-40-43-46-49-52-55-61(64)67-58-59(57-66-60(63)54-51-48-45-42-39-36-24-21-18-15-12-9-6-3)68-62(65)56-53-50-47-44-41-38-35-32-30-28-26-23-20-17-14-11-8-5-2/h7,9-12,14-21,23-28,30-33,35-36,39,59H,4-6,8,13,22,29,34,37-38,40-58H2,1-3H3/b10-7+,12-9+,14-11+,18-15+,19-16+,20-17+,24-21+,26-23+,27-25+,30-28+,33-31+,35-32+,39-36+. The van der Waals surface area contributed by atoms with Crippen molar-refractivity contribution in [2.24, 2.45) is 0 Å². The number of esters is 3. The van der Waals surface area contributed by atoms with Crippen LogP contribution in [0.3, 0.4) is 0 Å². The van der Waals surface area contributed by atoms with E-state index in [1.165, 1.54) is 19.3 Å². The summed E-state index contributed by atoms with van der Waals surface area (Å²) >= 11 is 0. The Morgan fingerprint density at radius 3 is 1.09 bits per heavy atom. The van der Waals surface area contributed by atoms with Crippen LogP contribution in [0.1, 0.15) is 194 Å². The SMILES string of the molecule is CC/C=C/C=C/C=C/C=C/CCCCCC(=O)OCC(COC(=O)CCCCCCCC/C=C/C/C=C/C/C=C/C/C=C/CC)OC(=O)CCCCCCC/C=C/C=C/C=C/C=C/C=C/CCC. The van der Waals surface area contributed by atoms with Gasteiger partial charge in [0, 0.05) is 19.3 Å². The number of ether oxygens (including phenoxy) is 3. The maximum atomic E-state index is 12.8. The summed E-state index contributed by atoms with van der Waals surface area (Å²) in [6, 6.07) is 0. The van der Waals surface area contributed by atoms with Crippen LogP contribution in [-0.4, -0.2) is 37.2 Å². The largest absolute Gasteiger partial charge is 0.462 e. The lowest BCUT2D eigenvalue weighted by molar-refractivity contribution is -0.167. The molecule has 0 fully saturated rings. The van der Waals surface area contributed by atoms with Gasteiger partial charge in [-0.1, -0.05) is 237 Å². The lowest BCUT2D eigenvalue weighted by Crippen LogP contribution is -2.30. The molecule has 0 aromatic rings. The lowest BCUT2D eigenvalue weighted by Gasteiger charge is -2.18. The minimum Gasteiger partial charge on any atom is -0.462 e. The van der Waals surface area contributed by atoms with Gasteiger partial charge in [-0.15, -0.1) is 0 Å². The molecular weight excluding hydrogens is 841 g/mol. The topological polar surface area (TPSA) is 78.9 Å². The first-order valence-corrected chi connectivity index (χ1v) is 26.6. The highest BCUT2D eigenvalue weighted by molar-refractivity contribution is 5.71. The normalized spacial score (nSPS) is 13.4. The minimum absolute atomic E-state index is 0.117. The summed E-state index contributed by atoms with van der Waals surface area (Å²) in [6.45, 7) is 6.20. The number of carbonyl (C=O) groups excluding carboxylic acids is 3. The summed E-state index contributed by atoms with van der Waals surface area (Å²) < 4.78 is 16.8. The molecule has 0 aliphatic carbocycles. The molecule has 1 atom stereocenters. The van der Waals surface area contributed by atoms with Gasteiger partial charge in [0.2, 0.25) is 0 Å². The van der Waals surface area contributed by atoms with Crippen LogP contribution >= 0.6 is 0 Å². The molecule has 0 saturated heterocycles. The molecule has 0 heterocycles. The van der Waals surface area contributed by atoms with Gasteiger partial charge < -0.3 is 14.2 Å². The van der Waals surface area contributed by atoms with E-state index < -0.39 is 6.10 Å². The molecule has 0 bridgehead atoms. The second-order valence-electron chi connectivity index (χ2n) is 16.9. The smallest absolute Gasteiger partial charge is 0.306 e. The van der Waals surface area contributed by atoms with E-state index in [0.29, 0.717) is 12.8 Å². The zero-order valence-corrected chi connectivity index (χ0v) is 43.0. The van der Waals surface area contributed by atoms with Crippen LogP contribution in [0, 0.1) is 0 Å². The van der Waals surface area contributed by atoms with Crippen LogP contribution in [0.25, 0.3) is 0 Å². The molecule has 0 saturated carbocycles. The first-order chi connectivity index (χ1) is 33.5. The van der Waals surface area contributed by atoms with Crippen molar-refractivity contribution in [1.29, 1.82) is 0 Å². The molecule has 0 aromatic heterocycles. The van der Waals surface area contributed by atoms with Gasteiger partial charge in [-0.3, -0.25) is 14.4 Å². The summed E-state index contributed by atoms with van der Waals surface area (Å²) in [7, 11) is 0. The van der Waals surface area contributed by atoms with E-state index in [1.54, 1.807) is 0 Å². The summed E-state index contributed by atoms with van der Waals surface area (Å²) in [5.74, 6) is -1.01. The van der Waals surface area contributed by atoms with Gasteiger partial charge >= 0.3 is 17.9 Å². The quantitative estimate of drug-likeness (QED) is 0.0199. The monoisotopic (exact) mass is 935 g/mol. The Hall–Kier alpha value is -4.97. The average molecular weight is 935 g/mol. The van der Waals surface area contributed by atoms with Gasteiger partial charge in [0.25, 0.3) is 0 Å². The first kappa shape index (κ1) is 63.0. The molecule has 6 heteroatoms. The Labute approximate surface area is 416 Å². The lowest BCUT2D eigenvalue weighted by atomic mass is 10.1. The van der Waals surface area contributed by atoms with E-state index in [9.17, 15) is 14.4 Å². The fourth-order valence-corrected chi connectivity index (χ4v) is 6.53. The Balaban J connectivity index is 4.55. The summed E-state index contributed by atoms with van der Waals surface area (Å²) in [4.78, 5) is 38.1. The Kier molecular flexibility index (Phi) is 50.6. The zero-order chi connectivity index (χ0) is 49.3. The van der Waals surface area contributed by atoms with E-state index in [2.05, 4.69) is 106 Å². The third-order valence-corrected chi connectivity index (χ3v) is 10.5. The van der Waals surface area contributed by atoms with Crippen molar-refractivity contribution in [2.75, 3.05) is 13.2 Å². The Morgan fingerprint density at radius 1 is 0.324 bits per heavy atom. The number of unbranched alkanes of at least 4 members (excludes halogenated alkanes) is 15. The molecule has 0 radical (unpaired) electrons. The first-order valence-electron chi connectivity index (χ1n) is 26.6. The third kappa shape index (κ3) is 52.0. The molecule has 0 aliphatic heterocycles. The van der Waals surface area contributed by atoms with Crippen LogP contribution in [0.15, 0.2) is 158 Å². The van der Waals surface area contributed by atoms with E-state index >= 15 is 0 Å². The number of carbonyl (C=O) groups is 3. The molecule has 0 amide bonds. The third-order valence-electron chi connectivity index (χ3n) is 10.5. The van der Waals surface area contributed by atoms with E-state index in [0.717, 1.165) is 135 Å². The molecule has 0 aromatic carbocycles. The fraction of sp³-hybridized carbons (Fsp3) is 0.532. The highest BCUT2D eigenvalue weighted by atomic mass is 16.6. The molecule has 6 nitrogen and oxygen atoms in total. The van der Waals surface area contributed by atoms with Crippen molar-refractivity contribution in [3.05, 3.63) is 158 Å². The van der Waals surface area contributed by atoms with Gasteiger partial charge in [-0.2, -0.15) is 0 Å². The highest BCUT2D eigenvalue weighted by Gasteiger charge is 2.19. The van der Waals surface area contributed by atoms with Gasteiger partial charge in [-0.25, -0.2) is 0 Å². The number of allylic oxidation sites excluding steroid dienone is 26. The molecule has 0 aliphatic rings. The number of hydrogen-bond acceptors (Lipinski definition) is 6. The molecule has 378 valence electrons. The van der Waals surface area contributed by atoms with Crippen molar-refractivity contribution >= 4 is 17.9 Å². The Morgan fingerprint density at radius 2 is 0.647 bits per heavy atom. The molecule has 0 N–H and O–H groups in total. The van der Waals surface area contributed by atoms with E-state index in [4.69, 9.17) is 14.2 Å². The summed E-state index contributed by atoms with van der Waals surface area (Å²) in [6.07, 6.45) is 79.3. The summed E-state index contributed by atoms with van der Waals surface area (Å²) in [5.41, 5.74) is 0. The van der Waals surface area contributed by atoms with Gasteiger partial charge in [0.1, 0.15) is 13.2 Å². The van der Waals surface area contributed by atoms with Crippen molar-refractivity contribution in [2.45, 2.75) is 200 Å². The number of hydrogen-bond donors (Lipinski definition) is 0. The predicted molar refractivity (Wildman–Crippen MR) is 292 cm³/mol. The summed E-state index contributed by atoms with van der Waals surface area (Å²) in [5, 5.41) is 0. The van der Waals surface area contributed by atoms with Gasteiger partial charge in [-0.05, 0) is 96.3 Å². The van der Waals surface area contributed by atoms with Crippen LogP contribution in [-0.2, 0) is 28.6 Å². The predicted octanol–water partition coefficient (Wildman–Crippen LogP) is 17.8. The maximum absolute atomic E-state index is 12.8. The molecule has 68 heavy (non-hydrogen) atoms. The van der Waals surface area contributed by atoms with Gasteiger partial charge in [0.15, 0.2) is 6.10 Å². The number of rotatable bonds is 45. The van der Waals surface area contributed by atoms with Crippen LogP contribution < -0.4 is 0 Å². The second-order valence-corrected chi connectivity index (χ2v) is 16.9. The fourth-order valence-electron chi connectivity index (χ4n) is 6.53. The van der Waals surface area contributed by atoms with Crippen molar-refractivity contribution < 1.29 is 28.6 Å². The maximum Gasteiger partial charge on any atom is 0.306 e. The molecule has 1 unspecified atom stereocenters. The van der Waals surface area contributed by atoms with E-state index in [1.807, 2.05) is 72.9 Å².